The highest BCUT2D eigenvalue weighted by Crippen LogP contribution is 2.42. The van der Waals surface area contributed by atoms with Crippen LogP contribution in [0.1, 0.15) is 74.0 Å². The number of rotatable bonds is 8. The number of hydrogen-bond donors (Lipinski definition) is 0. The molecule has 0 aromatic heterocycles. The van der Waals surface area contributed by atoms with E-state index in [-0.39, 0.29) is 6.04 Å². The highest BCUT2D eigenvalue weighted by Gasteiger charge is 2.32. The average molecular weight is 430 g/mol. The van der Waals surface area contributed by atoms with Crippen molar-refractivity contribution in [2.24, 2.45) is 0 Å². The molecular formula is C25H32ClNO3. The van der Waals surface area contributed by atoms with Gasteiger partial charge < -0.3 is 9.47 Å². The first-order chi connectivity index (χ1) is 14.4. The molecule has 1 aliphatic heterocycles. The quantitative estimate of drug-likeness (QED) is 0.269. The molecule has 1 aliphatic rings. The number of likely N-dealkylation sites (tertiary alicyclic amines) is 1. The molecular weight excluding hydrogens is 398 g/mol. The molecule has 1 fully saturated rings. The molecule has 162 valence electrons. The molecule has 2 aromatic rings. The Balaban J connectivity index is 2.00. The normalized spacial score (nSPS) is 16.8. The fourth-order valence-corrected chi connectivity index (χ4v) is 4.39. The molecule has 3 rings (SSSR count). The molecule has 1 unspecified atom stereocenters. The Morgan fingerprint density at radius 1 is 1.27 bits per heavy atom. The predicted molar refractivity (Wildman–Crippen MR) is 122 cm³/mol. The summed E-state index contributed by atoms with van der Waals surface area (Å²) in [5, 5.41) is 0.635. The van der Waals surface area contributed by atoms with Crippen LogP contribution in [0.2, 0.25) is 5.02 Å². The Labute approximate surface area is 185 Å². The van der Waals surface area contributed by atoms with Gasteiger partial charge >= 0.3 is 5.97 Å². The Kier molecular flexibility index (Phi) is 7.79. The summed E-state index contributed by atoms with van der Waals surface area (Å²) >= 11 is 6.84. The first-order valence-electron chi connectivity index (χ1n) is 10.9. The highest BCUT2D eigenvalue weighted by molar-refractivity contribution is 6.32. The van der Waals surface area contributed by atoms with Gasteiger partial charge in [-0.05, 0) is 75.9 Å². The minimum absolute atomic E-state index is 0.240. The number of carbonyl (C=O) groups is 1. The number of para-hydroxylation sites is 1. The second-order valence-electron chi connectivity index (χ2n) is 8.17. The van der Waals surface area contributed by atoms with Crippen LogP contribution >= 0.6 is 11.6 Å². The molecule has 1 saturated heterocycles. The first kappa shape index (κ1) is 22.6. The SMILES string of the molecule is CCCCOc1cc(C2CCCN2C(C)C)c(Cl)c(C)c1C(=O)Oc1ccccc1. The summed E-state index contributed by atoms with van der Waals surface area (Å²) in [7, 11) is 0. The van der Waals surface area contributed by atoms with Crippen LogP contribution in [0, 0.1) is 6.92 Å². The molecule has 0 bridgehead atoms. The molecule has 0 radical (unpaired) electrons. The van der Waals surface area contributed by atoms with E-state index >= 15 is 0 Å². The Morgan fingerprint density at radius 3 is 2.67 bits per heavy atom. The van der Waals surface area contributed by atoms with E-state index in [1.54, 1.807) is 12.1 Å². The van der Waals surface area contributed by atoms with Crippen LogP contribution in [0.15, 0.2) is 36.4 Å². The monoisotopic (exact) mass is 429 g/mol. The number of esters is 1. The lowest BCUT2D eigenvalue weighted by Gasteiger charge is -2.30. The summed E-state index contributed by atoms with van der Waals surface area (Å²) in [6.07, 6.45) is 4.14. The third-order valence-electron chi connectivity index (χ3n) is 5.72. The molecule has 1 heterocycles. The molecule has 0 aliphatic carbocycles. The van der Waals surface area contributed by atoms with Crippen molar-refractivity contribution < 1.29 is 14.3 Å². The average Bonchev–Trinajstić information content (AvgIpc) is 3.21. The van der Waals surface area contributed by atoms with Crippen molar-refractivity contribution >= 4 is 17.6 Å². The van der Waals surface area contributed by atoms with Crippen molar-refractivity contribution in [3.05, 3.63) is 58.1 Å². The van der Waals surface area contributed by atoms with Gasteiger partial charge in [-0.3, -0.25) is 4.90 Å². The Hall–Kier alpha value is -2.04. The van der Waals surface area contributed by atoms with E-state index in [9.17, 15) is 4.79 Å². The molecule has 30 heavy (non-hydrogen) atoms. The summed E-state index contributed by atoms with van der Waals surface area (Å²) in [5.41, 5.74) is 2.18. The number of nitrogens with zero attached hydrogens (tertiary/aromatic N) is 1. The minimum Gasteiger partial charge on any atom is -0.493 e. The molecule has 0 amide bonds. The summed E-state index contributed by atoms with van der Waals surface area (Å²) in [4.78, 5) is 15.5. The topological polar surface area (TPSA) is 38.8 Å². The van der Waals surface area contributed by atoms with Crippen molar-refractivity contribution in [2.75, 3.05) is 13.2 Å². The maximum Gasteiger partial charge on any atom is 0.347 e. The summed E-state index contributed by atoms with van der Waals surface area (Å²) in [6.45, 7) is 10.0. The lowest BCUT2D eigenvalue weighted by atomic mass is 9.97. The van der Waals surface area contributed by atoms with Crippen molar-refractivity contribution in [2.45, 2.75) is 65.5 Å². The third-order valence-corrected chi connectivity index (χ3v) is 6.22. The number of halogens is 1. The van der Waals surface area contributed by atoms with E-state index in [1.165, 1.54) is 0 Å². The third kappa shape index (κ3) is 4.98. The van der Waals surface area contributed by atoms with Crippen molar-refractivity contribution in [3.8, 4) is 11.5 Å². The van der Waals surface area contributed by atoms with Gasteiger partial charge in [-0.15, -0.1) is 0 Å². The van der Waals surface area contributed by atoms with E-state index in [0.29, 0.717) is 34.7 Å². The van der Waals surface area contributed by atoms with Crippen LogP contribution in [-0.2, 0) is 0 Å². The number of ether oxygens (including phenoxy) is 2. The van der Waals surface area contributed by atoms with Gasteiger partial charge in [0.1, 0.15) is 17.1 Å². The fourth-order valence-electron chi connectivity index (χ4n) is 4.11. The van der Waals surface area contributed by atoms with Gasteiger partial charge in [-0.2, -0.15) is 0 Å². The minimum atomic E-state index is -0.439. The smallest absolute Gasteiger partial charge is 0.347 e. The van der Waals surface area contributed by atoms with Gasteiger partial charge in [-0.1, -0.05) is 43.1 Å². The number of carbonyl (C=O) groups excluding carboxylic acids is 1. The largest absolute Gasteiger partial charge is 0.493 e. The number of hydrogen-bond acceptors (Lipinski definition) is 4. The van der Waals surface area contributed by atoms with E-state index in [4.69, 9.17) is 21.1 Å². The molecule has 0 spiro atoms. The molecule has 0 saturated carbocycles. The predicted octanol–water partition coefficient (Wildman–Crippen LogP) is 6.59. The maximum atomic E-state index is 13.1. The molecule has 2 aromatic carbocycles. The Bertz CT molecular complexity index is 866. The van der Waals surface area contributed by atoms with Crippen LogP contribution in [-0.4, -0.2) is 30.1 Å². The van der Waals surface area contributed by atoms with Gasteiger partial charge in [0.15, 0.2) is 0 Å². The van der Waals surface area contributed by atoms with Gasteiger partial charge in [0.2, 0.25) is 0 Å². The summed E-state index contributed by atoms with van der Waals surface area (Å²) < 4.78 is 11.7. The second kappa shape index (κ2) is 10.3. The van der Waals surface area contributed by atoms with E-state index in [0.717, 1.165) is 43.4 Å². The van der Waals surface area contributed by atoms with Crippen LogP contribution < -0.4 is 9.47 Å². The van der Waals surface area contributed by atoms with Crippen LogP contribution in [0.4, 0.5) is 0 Å². The first-order valence-corrected chi connectivity index (χ1v) is 11.3. The summed E-state index contributed by atoms with van der Waals surface area (Å²) in [6, 6.07) is 11.7. The molecule has 5 heteroatoms. The van der Waals surface area contributed by atoms with Gasteiger partial charge in [0.25, 0.3) is 0 Å². The highest BCUT2D eigenvalue weighted by atomic mass is 35.5. The van der Waals surface area contributed by atoms with Crippen LogP contribution in [0.3, 0.4) is 0 Å². The van der Waals surface area contributed by atoms with Gasteiger partial charge in [-0.25, -0.2) is 4.79 Å². The van der Waals surface area contributed by atoms with Crippen molar-refractivity contribution in [3.63, 3.8) is 0 Å². The van der Waals surface area contributed by atoms with Gasteiger partial charge in [0, 0.05) is 17.1 Å². The van der Waals surface area contributed by atoms with E-state index < -0.39 is 5.97 Å². The molecule has 0 N–H and O–H groups in total. The standard InChI is InChI=1S/C25H32ClNO3/c1-5-6-15-29-22-16-20(21-13-10-14-27(21)17(2)3)24(26)18(4)23(22)25(28)30-19-11-8-7-9-12-19/h7-9,11-12,16-17,21H,5-6,10,13-15H2,1-4H3. The second-order valence-corrected chi connectivity index (χ2v) is 8.55. The zero-order valence-corrected chi connectivity index (χ0v) is 19.2. The number of benzene rings is 2. The van der Waals surface area contributed by atoms with Crippen molar-refractivity contribution in [1.29, 1.82) is 0 Å². The van der Waals surface area contributed by atoms with Gasteiger partial charge in [0.05, 0.1) is 6.61 Å². The lowest BCUT2D eigenvalue weighted by molar-refractivity contribution is 0.0729. The van der Waals surface area contributed by atoms with E-state index in [2.05, 4.69) is 25.7 Å². The molecule has 4 nitrogen and oxygen atoms in total. The zero-order valence-electron chi connectivity index (χ0n) is 18.4. The number of unbranched alkanes of at least 4 members (excludes halogenated alkanes) is 1. The molecule has 1 atom stereocenters. The Morgan fingerprint density at radius 2 is 2.00 bits per heavy atom. The lowest BCUT2D eigenvalue weighted by Crippen LogP contribution is -2.30. The maximum absolute atomic E-state index is 13.1. The fraction of sp³-hybridized carbons (Fsp3) is 0.480. The van der Waals surface area contributed by atoms with Crippen LogP contribution in [0.5, 0.6) is 11.5 Å². The van der Waals surface area contributed by atoms with Crippen LogP contribution in [0.25, 0.3) is 0 Å². The van der Waals surface area contributed by atoms with Crippen molar-refractivity contribution in [1.82, 2.24) is 4.90 Å². The van der Waals surface area contributed by atoms with E-state index in [1.807, 2.05) is 31.2 Å². The zero-order chi connectivity index (χ0) is 21.7. The summed E-state index contributed by atoms with van der Waals surface area (Å²) in [5.74, 6) is 0.631.